The van der Waals surface area contributed by atoms with E-state index in [0.717, 1.165) is 21.4 Å². The predicted octanol–water partition coefficient (Wildman–Crippen LogP) is 2.64. The highest BCUT2D eigenvalue weighted by molar-refractivity contribution is 9.10. The average Bonchev–Trinajstić information content (AvgIpc) is 3.12. The molecule has 102 valence electrons. The zero-order valence-electron chi connectivity index (χ0n) is 10.4. The molecule has 0 radical (unpaired) electrons. The molecule has 0 bridgehead atoms. The first-order valence-corrected chi connectivity index (χ1v) is 7.68. The Kier molecular flexibility index (Phi) is 3.93. The molecule has 2 heterocycles. The van der Waals surface area contributed by atoms with Crippen molar-refractivity contribution in [2.45, 2.75) is 6.04 Å². The molecule has 0 amide bonds. The van der Waals surface area contributed by atoms with Crippen LogP contribution in [0.25, 0.3) is 5.69 Å². The molecule has 3 N–H and O–H groups in total. The van der Waals surface area contributed by atoms with Crippen molar-refractivity contribution in [2.24, 2.45) is 5.84 Å². The zero-order valence-corrected chi connectivity index (χ0v) is 12.8. The van der Waals surface area contributed by atoms with Crippen LogP contribution in [-0.4, -0.2) is 15.0 Å². The van der Waals surface area contributed by atoms with Crippen LogP contribution in [0.5, 0.6) is 0 Å². The SMILES string of the molecule is NNC(c1cnn(-c2ccccc2)n1)c1cscc1Br. The molecule has 0 saturated heterocycles. The number of nitrogens with two attached hydrogens (primary N) is 1. The van der Waals surface area contributed by atoms with Crippen molar-refractivity contribution < 1.29 is 0 Å². The molecule has 1 unspecified atom stereocenters. The third-order valence-electron chi connectivity index (χ3n) is 2.91. The van der Waals surface area contributed by atoms with Crippen LogP contribution in [0.15, 0.2) is 51.8 Å². The highest BCUT2D eigenvalue weighted by atomic mass is 79.9. The first-order valence-electron chi connectivity index (χ1n) is 5.95. The van der Waals surface area contributed by atoms with E-state index in [1.165, 1.54) is 0 Å². The maximum atomic E-state index is 5.67. The fourth-order valence-electron chi connectivity index (χ4n) is 1.92. The van der Waals surface area contributed by atoms with Gasteiger partial charge in [-0.15, -0.1) is 0 Å². The van der Waals surface area contributed by atoms with E-state index in [2.05, 4.69) is 31.6 Å². The van der Waals surface area contributed by atoms with Gasteiger partial charge in [0.1, 0.15) is 5.69 Å². The number of nitrogens with zero attached hydrogens (tertiary/aromatic N) is 3. The van der Waals surface area contributed by atoms with Gasteiger partial charge < -0.3 is 0 Å². The Labute approximate surface area is 128 Å². The van der Waals surface area contributed by atoms with E-state index >= 15 is 0 Å². The van der Waals surface area contributed by atoms with Gasteiger partial charge in [-0.2, -0.15) is 26.3 Å². The molecule has 0 aliphatic carbocycles. The lowest BCUT2D eigenvalue weighted by molar-refractivity contribution is 0.609. The van der Waals surface area contributed by atoms with Crippen LogP contribution in [0.1, 0.15) is 17.3 Å². The van der Waals surface area contributed by atoms with Crippen molar-refractivity contribution in [1.82, 2.24) is 20.4 Å². The van der Waals surface area contributed by atoms with Gasteiger partial charge in [0.2, 0.25) is 0 Å². The first-order chi connectivity index (χ1) is 9.79. The van der Waals surface area contributed by atoms with Crippen molar-refractivity contribution >= 4 is 27.3 Å². The van der Waals surface area contributed by atoms with Gasteiger partial charge >= 0.3 is 0 Å². The number of aromatic nitrogens is 3. The average molecular weight is 350 g/mol. The Bertz CT molecular complexity index is 694. The molecule has 3 rings (SSSR count). The second-order valence-electron chi connectivity index (χ2n) is 4.17. The van der Waals surface area contributed by atoms with Gasteiger partial charge in [0, 0.05) is 15.4 Å². The van der Waals surface area contributed by atoms with E-state index in [-0.39, 0.29) is 6.04 Å². The van der Waals surface area contributed by atoms with E-state index in [0.29, 0.717) is 0 Å². The number of rotatable bonds is 4. The molecule has 0 aliphatic rings. The summed E-state index contributed by atoms with van der Waals surface area (Å²) in [4.78, 5) is 1.60. The topological polar surface area (TPSA) is 68.8 Å². The second-order valence-corrected chi connectivity index (χ2v) is 5.77. The maximum Gasteiger partial charge on any atom is 0.106 e. The summed E-state index contributed by atoms with van der Waals surface area (Å²) in [6, 6.07) is 9.58. The molecule has 0 fully saturated rings. The summed E-state index contributed by atoms with van der Waals surface area (Å²) in [6.07, 6.45) is 1.72. The van der Waals surface area contributed by atoms with Crippen LogP contribution >= 0.6 is 27.3 Å². The molecule has 3 aromatic rings. The molecule has 0 saturated carbocycles. The molecule has 2 aromatic heterocycles. The molecule has 0 aliphatic heterocycles. The van der Waals surface area contributed by atoms with Crippen molar-refractivity contribution in [3.63, 3.8) is 0 Å². The summed E-state index contributed by atoms with van der Waals surface area (Å²) in [5.41, 5.74) is 5.53. The fourth-order valence-corrected chi connectivity index (χ4v) is 3.48. The minimum absolute atomic E-state index is 0.187. The summed E-state index contributed by atoms with van der Waals surface area (Å²) in [5, 5.41) is 12.8. The summed E-state index contributed by atoms with van der Waals surface area (Å²) < 4.78 is 1.01. The maximum absolute atomic E-state index is 5.67. The fraction of sp³-hybridized carbons (Fsp3) is 0.0769. The number of hydrogen-bond acceptors (Lipinski definition) is 5. The number of nitrogens with one attached hydrogen (secondary N) is 1. The Morgan fingerprint density at radius 3 is 2.70 bits per heavy atom. The van der Waals surface area contributed by atoms with Gasteiger partial charge in [-0.25, -0.2) is 5.43 Å². The number of para-hydroxylation sites is 1. The van der Waals surface area contributed by atoms with Gasteiger partial charge in [-0.1, -0.05) is 18.2 Å². The largest absolute Gasteiger partial charge is 0.271 e. The molecule has 7 heteroatoms. The number of benzene rings is 1. The molecular weight excluding hydrogens is 338 g/mol. The summed E-state index contributed by atoms with van der Waals surface area (Å²) in [7, 11) is 0. The van der Waals surface area contributed by atoms with Crippen LogP contribution in [0.2, 0.25) is 0 Å². The monoisotopic (exact) mass is 349 g/mol. The second kappa shape index (κ2) is 5.84. The Morgan fingerprint density at radius 1 is 1.25 bits per heavy atom. The summed E-state index contributed by atoms with van der Waals surface area (Å²) in [5.74, 6) is 5.67. The lowest BCUT2D eigenvalue weighted by atomic mass is 10.1. The predicted molar refractivity (Wildman–Crippen MR) is 82.5 cm³/mol. The molecule has 0 spiro atoms. The smallest absolute Gasteiger partial charge is 0.106 e. The normalized spacial score (nSPS) is 12.5. The van der Waals surface area contributed by atoms with Crippen molar-refractivity contribution in [1.29, 1.82) is 0 Å². The van der Waals surface area contributed by atoms with Gasteiger partial charge in [-0.3, -0.25) is 5.84 Å². The van der Waals surface area contributed by atoms with Crippen molar-refractivity contribution in [3.05, 3.63) is 63.0 Å². The molecule has 1 atom stereocenters. The van der Waals surface area contributed by atoms with Crippen molar-refractivity contribution in [2.75, 3.05) is 0 Å². The third-order valence-corrected chi connectivity index (χ3v) is 4.66. The lowest BCUT2D eigenvalue weighted by Crippen LogP contribution is -2.29. The van der Waals surface area contributed by atoms with Crippen LogP contribution in [0.4, 0.5) is 0 Å². The van der Waals surface area contributed by atoms with Crippen LogP contribution in [-0.2, 0) is 0 Å². The van der Waals surface area contributed by atoms with Gasteiger partial charge in [0.15, 0.2) is 0 Å². The van der Waals surface area contributed by atoms with E-state index in [1.54, 1.807) is 22.3 Å². The lowest BCUT2D eigenvalue weighted by Gasteiger charge is -2.12. The summed E-state index contributed by atoms with van der Waals surface area (Å²) in [6.45, 7) is 0. The number of thiophene rings is 1. The molecular formula is C13H12BrN5S. The van der Waals surface area contributed by atoms with E-state index in [1.807, 2.05) is 41.1 Å². The number of halogens is 1. The van der Waals surface area contributed by atoms with Crippen LogP contribution < -0.4 is 11.3 Å². The van der Waals surface area contributed by atoms with E-state index in [4.69, 9.17) is 5.84 Å². The van der Waals surface area contributed by atoms with Gasteiger partial charge in [0.25, 0.3) is 0 Å². The molecule has 1 aromatic carbocycles. The van der Waals surface area contributed by atoms with Crippen LogP contribution in [0.3, 0.4) is 0 Å². The minimum Gasteiger partial charge on any atom is -0.271 e. The zero-order chi connectivity index (χ0) is 13.9. The highest BCUT2D eigenvalue weighted by Crippen LogP contribution is 2.30. The first kappa shape index (κ1) is 13.4. The Hall–Kier alpha value is -1.54. The minimum atomic E-state index is -0.187. The number of hydrazine groups is 1. The van der Waals surface area contributed by atoms with Crippen molar-refractivity contribution in [3.8, 4) is 5.69 Å². The highest BCUT2D eigenvalue weighted by Gasteiger charge is 2.19. The number of hydrogen-bond donors (Lipinski definition) is 2. The Balaban J connectivity index is 1.95. The van der Waals surface area contributed by atoms with E-state index < -0.39 is 0 Å². The quantitative estimate of drug-likeness (QED) is 0.561. The summed E-state index contributed by atoms with van der Waals surface area (Å²) >= 11 is 5.13. The van der Waals surface area contributed by atoms with Crippen LogP contribution in [0, 0.1) is 0 Å². The van der Waals surface area contributed by atoms with Gasteiger partial charge in [0.05, 0.1) is 17.9 Å². The molecule has 20 heavy (non-hydrogen) atoms. The standard InChI is InChI=1S/C13H12BrN5S/c14-11-8-20-7-10(11)13(17-15)12-6-16-19(18-12)9-4-2-1-3-5-9/h1-8,13,17H,15H2. The third kappa shape index (κ3) is 2.53. The van der Waals surface area contributed by atoms with Gasteiger partial charge in [-0.05, 0) is 33.4 Å². The van der Waals surface area contributed by atoms with E-state index in [9.17, 15) is 0 Å². The Morgan fingerprint density at radius 2 is 2.05 bits per heavy atom. The molecule has 5 nitrogen and oxygen atoms in total.